The van der Waals surface area contributed by atoms with Crippen LogP contribution in [-0.2, 0) is 4.74 Å². The molecule has 0 aromatic carbocycles. The summed E-state index contributed by atoms with van der Waals surface area (Å²) in [4.78, 5) is 2.60. The molecule has 1 N–H and O–H groups in total. The molecule has 0 aromatic rings. The van der Waals surface area contributed by atoms with Crippen LogP contribution in [0.25, 0.3) is 0 Å². The third kappa shape index (κ3) is 5.25. The largest absolute Gasteiger partial charge is 0.378 e. The molecule has 0 spiro atoms. The minimum atomic E-state index is 0.505. The summed E-state index contributed by atoms with van der Waals surface area (Å²) in [5.74, 6) is 0. The molecule has 1 saturated heterocycles. The molecule has 0 radical (unpaired) electrons. The molecule has 18 heavy (non-hydrogen) atoms. The summed E-state index contributed by atoms with van der Waals surface area (Å²) in [6.45, 7) is 13.3. The molecule has 0 saturated carbocycles. The maximum Gasteiger partial charge on any atom is 0.0599 e. The molecule has 1 aliphatic rings. The standard InChI is InChI=1S/C15H32N2O/c1-5-14(6-2)16-12-13(4)17-10-8-15(9-11-17)18-7-3/h13-16H,5-12H2,1-4H3. The number of rotatable bonds is 8. The fourth-order valence-corrected chi connectivity index (χ4v) is 2.76. The zero-order valence-electron chi connectivity index (χ0n) is 12.7. The van der Waals surface area contributed by atoms with Crippen LogP contribution in [0.2, 0.25) is 0 Å². The average Bonchev–Trinajstić information content (AvgIpc) is 2.41. The monoisotopic (exact) mass is 256 g/mol. The van der Waals surface area contributed by atoms with E-state index in [0.29, 0.717) is 18.2 Å². The summed E-state index contributed by atoms with van der Waals surface area (Å²) in [6, 6.07) is 1.33. The van der Waals surface area contributed by atoms with E-state index in [1.807, 2.05) is 0 Å². The Hall–Kier alpha value is -0.120. The summed E-state index contributed by atoms with van der Waals surface area (Å²) in [7, 11) is 0. The van der Waals surface area contributed by atoms with E-state index in [4.69, 9.17) is 4.74 Å². The fourth-order valence-electron chi connectivity index (χ4n) is 2.76. The Labute approximate surface area is 113 Å². The number of hydrogen-bond donors (Lipinski definition) is 1. The Bertz CT molecular complexity index is 199. The van der Waals surface area contributed by atoms with Gasteiger partial charge in [0.05, 0.1) is 6.10 Å². The highest BCUT2D eigenvalue weighted by molar-refractivity contribution is 4.78. The number of likely N-dealkylation sites (tertiary alicyclic amines) is 1. The van der Waals surface area contributed by atoms with Crippen LogP contribution < -0.4 is 5.32 Å². The van der Waals surface area contributed by atoms with E-state index in [1.54, 1.807) is 0 Å². The summed E-state index contributed by atoms with van der Waals surface area (Å²) < 4.78 is 5.70. The molecule has 0 bridgehead atoms. The highest BCUT2D eigenvalue weighted by Crippen LogP contribution is 2.15. The van der Waals surface area contributed by atoms with Gasteiger partial charge in [-0.1, -0.05) is 13.8 Å². The molecule has 1 heterocycles. The molecular weight excluding hydrogens is 224 g/mol. The van der Waals surface area contributed by atoms with Gasteiger partial charge in [-0.05, 0) is 39.5 Å². The Morgan fingerprint density at radius 3 is 2.28 bits per heavy atom. The van der Waals surface area contributed by atoms with Gasteiger partial charge in [0.15, 0.2) is 0 Å². The predicted molar refractivity (Wildman–Crippen MR) is 78.1 cm³/mol. The molecule has 0 aliphatic carbocycles. The summed E-state index contributed by atoms with van der Waals surface area (Å²) >= 11 is 0. The maximum atomic E-state index is 5.70. The van der Waals surface area contributed by atoms with E-state index in [9.17, 15) is 0 Å². The molecule has 1 aliphatic heterocycles. The zero-order chi connectivity index (χ0) is 13.4. The van der Waals surface area contributed by atoms with Crippen molar-refractivity contribution in [1.82, 2.24) is 10.2 Å². The third-order valence-corrected chi connectivity index (χ3v) is 4.19. The number of piperidine rings is 1. The molecule has 0 aromatic heterocycles. The van der Waals surface area contributed by atoms with Crippen LogP contribution in [0.5, 0.6) is 0 Å². The fraction of sp³-hybridized carbons (Fsp3) is 1.00. The zero-order valence-corrected chi connectivity index (χ0v) is 12.7. The highest BCUT2D eigenvalue weighted by Gasteiger charge is 2.22. The third-order valence-electron chi connectivity index (χ3n) is 4.19. The normalized spacial score (nSPS) is 20.5. The van der Waals surface area contributed by atoms with Gasteiger partial charge in [-0.25, -0.2) is 0 Å². The number of hydrogen-bond acceptors (Lipinski definition) is 3. The van der Waals surface area contributed by atoms with E-state index in [2.05, 4.69) is 37.9 Å². The summed E-state index contributed by atoms with van der Waals surface area (Å²) in [5.41, 5.74) is 0. The Kier molecular flexibility index (Phi) is 7.87. The van der Waals surface area contributed by atoms with E-state index in [1.165, 1.54) is 38.8 Å². The van der Waals surface area contributed by atoms with E-state index >= 15 is 0 Å². The van der Waals surface area contributed by atoms with Crippen LogP contribution in [-0.4, -0.2) is 49.3 Å². The highest BCUT2D eigenvalue weighted by atomic mass is 16.5. The summed E-state index contributed by atoms with van der Waals surface area (Å²) in [5, 5.41) is 3.68. The van der Waals surface area contributed by atoms with Crippen LogP contribution in [0, 0.1) is 0 Å². The van der Waals surface area contributed by atoms with Crippen molar-refractivity contribution in [2.45, 2.75) is 71.6 Å². The molecule has 1 fully saturated rings. The number of nitrogens with zero attached hydrogens (tertiary/aromatic N) is 1. The second-order valence-electron chi connectivity index (χ2n) is 5.46. The van der Waals surface area contributed by atoms with Crippen molar-refractivity contribution in [3.63, 3.8) is 0 Å². The molecule has 3 heteroatoms. The molecule has 1 rings (SSSR count). The molecule has 1 atom stereocenters. The van der Waals surface area contributed by atoms with Crippen molar-refractivity contribution in [3.05, 3.63) is 0 Å². The summed E-state index contributed by atoms with van der Waals surface area (Å²) in [6.07, 6.45) is 5.36. The quantitative estimate of drug-likeness (QED) is 0.722. The van der Waals surface area contributed by atoms with Crippen LogP contribution >= 0.6 is 0 Å². The lowest BCUT2D eigenvalue weighted by Gasteiger charge is -2.36. The minimum Gasteiger partial charge on any atom is -0.378 e. The first kappa shape index (κ1) is 15.9. The second kappa shape index (κ2) is 8.89. The number of nitrogens with one attached hydrogen (secondary N) is 1. The maximum absolute atomic E-state index is 5.70. The minimum absolute atomic E-state index is 0.505. The Morgan fingerprint density at radius 2 is 1.78 bits per heavy atom. The van der Waals surface area contributed by atoms with Crippen molar-refractivity contribution in [2.75, 3.05) is 26.2 Å². The molecule has 0 amide bonds. The van der Waals surface area contributed by atoms with E-state index < -0.39 is 0 Å². The van der Waals surface area contributed by atoms with Crippen molar-refractivity contribution in [3.8, 4) is 0 Å². The van der Waals surface area contributed by atoms with Gasteiger partial charge in [0.2, 0.25) is 0 Å². The first-order valence-corrected chi connectivity index (χ1v) is 7.80. The van der Waals surface area contributed by atoms with Gasteiger partial charge in [0.25, 0.3) is 0 Å². The van der Waals surface area contributed by atoms with Gasteiger partial charge in [-0.15, -0.1) is 0 Å². The molecular formula is C15H32N2O. The van der Waals surface area contributed by atoms with Gasteiger partial charge < -0.3 is 10.1 Å². The van der Waals surface area contributed by atoms with E-state index in [0.717, 1.165) is 13.2 Å². The van der Waals surface area contributed by atoms with Crippen LogP contribution in [0.3, 0.4) is 0 Å². The first-order valence-electron chi connectivity index (χ1n) is 7.80. The topological polar surface area (TPSA) is 24.5 Å². The smallest absolute Gasteiger partial charge is 0.0599 e. The van der Waals surface area contributed by atoms with Crippen molar-refractivity contribution >= 4 is 0 Å². The molecule has 108 valence electrons. The van der Waals surface area contributed by atoms with Gasteiger partial charge in [0.1, 0.15) is 0 Å². The van der Waals surface area contributed by atoms with Crippen LogP contribution in [0.1, 0.15) is 53.4 Å². The van der Waals surface area contributed by atoms with Gasteiger partial charge in [0, 0.05) is 38.3 Å². The van der Waals surface area contributed by atoms with Crippen LogP contribution in [0.15, 0.2) is 0 Å². The average molecular weight is 256 g/mol. The van der Waals surface area contributed by atoms with Gasteiger partial charge >= 0.3 is 0 Å². The molecule has 1 unspecified atom stereocenters. The van der Waals surface area contributed by atoms with Crippen molar-refractivity contribution < 1.29 is 4.74 Å². The lowest BCUT2D eigenvalue weighted by Crippen LogP contribution is -2.47. The predicted octanol–water partition coefficient (Wildman–Crippen LogP) is 2.65. The van der Waals surface area contributed by atoms with Crippen molar-refractivity contribution in [2.24, 2.45) is 0 Å². The SMILES string of the molecule is CCOC1CCN(C(C)CNC(CC)CC)CC1. The molecule has 3 nitrogen and oxygen atoms in total. The first-order chi connectivity index (χ1) is 8.71. The lowest BCUT2D eigenvalue weighted by atomic mass is 10.1. The van der Waals surface area contributed by atoms with E-state index in [-0.39, 0.29) is 0 Å². The Morgan fingerprint density at radius 1 is 1.17 bits per heavy atom. The van der Waals surface area contributed by atoms with Gasteiger partial charge in [-0.3, -0.25) is 4.90 Å². The van der Waals surface area contributed by atoms with Gasteiger partial charge in [-0.2, -0.15) is 0 Å². The van der Waals surface area contributed by atoms with Crippen LogP contribution in [0.4, 0.5) is 0 Å². The second-order valence-corrected chi connectivity index (χ2v) is 5.46. The van der Waals surface area contributed by atoms with Crippen molar-refractivity contribution in [1.29, 1.82) is 0 Å². The Balaban J connectivity index is 2.21. The number of ether oxygens (including phenoxy) is 1. The lowest BCUT2D eigenvalue weighted by molar-refractivity contribution is 0.00566.